The first kappa shape index (κ1) is 16.1. The molecule has 3 aromatic rings. The zero-order chi connectivity index (χ0) is 16.8. The Morgan fingerprint density at radius 3 is 2.71 bits per heavy atom. The predicted molar refractivity (Wildman–Crippen MR) is 92.1 cm³/mol. The van der Waals surface area contributed by atoms with E-state index in [0.717, 1.165) is 16.3 Å². The first-order chi connectivity index (χ1) is 11.8. The highest BCUT2D eigenvalue weighted by molar-refractivity contribution is 7.13. The third-order valence-corrected chi connectivity index (χ3v) is 4.09. The normalized spacial score (nSPS) is 10.4. The molecule has 0 amide bonds. The van der Waals surface area contributed by atoms with Crippen LogP contribution < -0.4 is 4.74 Å². The number of aromatic nitrogens is 2. The molecule has 1 aromatic carbocycles. The number of thiazole rings is 1. The Balaban J connectivity index is 1.65. The van der Waals surface area contributed by atoms with Crippen LogP contribution in [0.3, 0.4) is 0 Å². The van der Waals surface area contributed by atoms with E-state index in [4.69, 9.17) is 9.47 Å². The first-order valence-electron chi connectivity index (χ1n) is 7.52. The Morgan fingerprint density at radius 1 is 1.17 bits per heavy atom. The minimum atomic E-state index is -0.450. The van der Waals surface area contributed by atoms with Gasteiger partial charge < -0.3 is 9.47 Å². The maximum atomic E-state index is 12.1. The van der Waals surface area contributed by atoms with Gasteiger partial charge in [-0.15, -0.1) is 11.3 Å². The van der Waals surface area contributed by atoms with Crippen molar-refractivity contribution in [3.63, 3.8) is 0 Å². The summed E-state index contributed by atoms with van der Waals surface area (Å²) in [4.78, 5) is 20.5. The molecule has 0 saturated carbocycles. The third kappa shape index (κ3) is 3.97. The van der Waals surface area contributed by atoms with Crippen molar-refractivity contribution in [2.24, 2.45) is 0 Å². The monoisotopic (exact) mass is 340 g/mol. The van der Waals surface area contributed by atoms with Gasteiger partial charge in [-0.05, 0) is 43.3 Å². The summed E-state index contributed by atoms with van der Waals surface area (Å²) in [6.45, 7) is 2.70. The Hall–Kier alpha value is -2.73. The van der Waals surface area contributed by atoms with Gasteiger partial charge in [-0.1, -0.05) is 6.07 Å². The summed E-state index contributed by atoms with van der Waals surface area (Å²) in [5.74, 6) is 0.363. The lowest BCUT2D eigenvalue weighted by Gasteiger charge is -2.03. The summed E-state index contributed by atoms with van der Waals surface area (Å²) in [5.41, 5.74) is 1.94. The van der Waals surface area contributed by atoms with Gasteiger partial charge in [0.05, 0.1) is 12.3 Å². The van der Waals surface area contributed by atoms with Gasteiger partial charge in [-0.3, -0.25) is 4.98 Å². The maximum Gasteiger partial charge on any atom is 0.358 e. The van der Waals surface area contributed by atoms with Crippen molar-refractivity contribution in [1.82, 2.24) is 9.97 Å². The third-order valence-electron chi connectivity index (χ3n) is 3.20. The fraction of sp³-hybridized carbons (Fsp3) is 0.167. The molecule has 0 fully saturated rings. The standard InChI is InChI=1S/C18H16N2O3S/c1-2-22-15-8-6-13(7-9-15)17-20-16(12-24-17)18(21)23-11-14-5-3-4-10-19-14/h3-10,12H,2,11H2,1H3. The van der Waals surface area contributed by atoms with Gasteiger partial charge >= 0.3 is 5.97 Å². The Labute approximate surface area is 143 Å². The van der Waals surface area contributed by atoms with Crippen LogP contribution in [0.1, 0.15) is 23.1 Å². The SMILES string of the molecule is CCOc1ccc(-c2nc(C(=O)OCc3ccccn3)cs2)cc1. The highest BCUT2D eigenvalue weighted by Gasteiger charge is 2.13. The summed E-state index contributed by atoms with van der Waals surface area (Å²) in [5, 5.41) is 2.47. The molecule has 0 unspecified atom stereocenters. The highest BCUT2D eigenvalue weighted by Crippen LogP contribution is 2.26. The van der Waals surface area contributed by atoms with Crippen molar-refractivity contribution in [3.8, 4) is 16.3 Å². The van der Waals surface area contributed by atoms with Crippen molar-refractivity contribution in [2.45, 2.75) is 13.5 Å². The molecular weight excluding hydrogens is 324 g/mol. The number of rotatable bonds is 6. The summed E-state index contributed by atoms with van der Waals surface area (Å²) in [7, 11) is 0. The number of esters is 1. The van der Waals surface area contributed by atoms with E-state index < -0.39 is 5.97 Å². The van der Waals surface area contributed by atoms with E-state index in [0.29, 0.717) is 18.0 Å². The molecule has 5 nitrogen and oxygen atoms in total. The van der Waals surface area contributed by atoms with Crippen molar-refractivity contribution in [1.29, 1.82) is 0 Å². The van der Waals surface area contributed by atoms with Gasteiger partial charge in [0.25, 0.3) is 0 Å². The molecule has 2 aromatic heterocycles. The second-order valence-electron chi connectivity index (χ2n) is 4.89. The average molecular weight is 340 g/mol. The largest absolute Gasteiger partial charge is 0.494 e. The predicted octanol–water partition coefficient (Wildman–Crippen LogP) is 3.96. The van der Waals surface area contributed by atoms with Gasteiger partial charge in [0, 0.05) is 17.1 Å². The van der Waals surface area contributed by atoms with Crippen LogP contribution >= 0.6 is 11.3 Å². The summed E-state index contributed by atoms with van der Waals surface area (Å²) in [6.07, 6.45) is 1.66. The lowest BCUT2D eigenvalue weighted by Crippen LogP contribution is -2.06. The molecule has 0 spiro atoms. The zero-order valence-corrected chi connectivity index (χ0v) is 14.0. The zero-order valence-electron chi connectivity index (χ0n) is 13.1. The van der Waals surface area contributed by atoms with E-state index in [1.165, 1.54) is 11.3 Å². The topological polar surface area (TPSA) is 61.3 Å². The van der Waals surface area contributed by atoms with Crippen molar-refractivity contribution in [2.75, 3.05) is 6.61 Å². The van der Waals surface area contributed by atoms with E-state index in [1.807, 2.05) is 43.3 Å². The number of carbonyl (C=O) groups excluding carboxylic acids is 1. The van der Waals surface area contributed by atoms with E-state index in [-0.39, 0.29) is 6.61 Å². The second-order valence-corrected chi connectivity index (χ2v) is 5.75. The van der Waals surface area contributed by atoms with Crippen molar-refractivity contribution >= 4 is 17.3 Å². The molecule has 0 atom stereocenters. The summed E-state index contributed by atoms with van der Waals surface area (Å²) < 4.78 is 10.7. The van der Waals surface area contributed by atoms with Crippen LogP contribution in [0.25, 0.3) is 10.6 Å². The van der Waals surface area contributed by atoms with Gasteiger partial charge in [-0.2, -0.15) is 0 Å². The van der Waals surface area contributed by atoms with Gasteiger partial charge in [0.15, 0.2) is 5.69 Å². The molecule has 0 saturated heterocycles. The second kappa shape index (κ2) is 7.70. The fourth-order valence-electron chi connectivity index (χ4n) is 2.06. The smallest absolute Gasteiger partial charge is 0.358 e. The summed E-state index contributed by atoms with van der Waals surface area (Å²) in [6, 6.07) is 13.1. The fourth-order valence-corrected chi connectivity index (χ4v) is 2.85. The lowest BCUT2D eigenvalue weighted by molar-refractivity contribution is 0.0462. The molecule has 24 heavy (non-hydrogen) atoms. The van der Waals surface area contributed by atoms with Crippen molar-refractivity contribution in [3.05, 3.63) is 65.4 Å². The van der Waals surface area contributed by atoms with E-state index >= 15 is 0 Å². The molecule has 6 heteroatoms. The molecule has 122 valence electrons. The number of carbonyl (C=O) groups is 1. The molecular formula is C18H16N2O3S. The minimum Gasteiger partial charge on any atom is -0.494 e. The molecule has 0 aliphatic rings. The Kier molecular flexibility index (Phi) is 5.18. The van der Waals surface area contributed by atoms with Crippen LogP contribution in [0, 0.1) is 0 Å². The summed E-state index contributed by atoms with van der Waals surface area (Å²) >= 11 is 1.40. The van der Waals surface area contributed by atoms with E-state index in [1.54, 1.807) is 17.6 Å². The van der Waals surface area contributed by atoms with Gasteiger partial charge in [0.2, 0.25) is 0 Å². The van der Waals surface area contributed by atoms with Crippen LogP contribution in [0.5, 0.6) is 5.75 Å². The minimum absolute atomic E-state index is 0.135. The number of hydrogen-bond acceptors (Lipinski definition) is 6. The molecule has 0 bridgehead atoms. The molecule has 3 rings (SSSR count). The molecule has 0 aliphatic carbocycles. The molecule has 0 N–H and O–H groups in total. The van der Waals surface area contributed by atoms with Gasteiger partial charge in [-0.25, -0.2) is 9.78 Å². The van der Waals surface area contributed by atoms with Gasteiger partial charge in [0.1, 0.15) is 17.4 Å². The number of nitrogens with zero attached hydrogens (tertiary/aromatic N) is 2. The van der Waals surface area contributed by atoms with Crippen LogP contribution in [-0.4, -0.2) is 22.5 Å². The molecule has 0 aliphatic heterocycles. The Bertz CT molecular complexity index is 801. The van der Waals surface area contributed by atoms with Crippen LogP contribution in [0.15, 0.2) is 54.0 Å². The van der Waals surface area contributed by atoms with Crippen LogP contribution in [0.4, 0.5) is 0 Å². The molecule has 2 heterocycles. The Morgan fingerprint density at radius 2 is 2.00 bits per heavy atom. The number of hydrogen-bond donors (Lipinski definition) is 0. The van der Waals surface area contributed by atoms with Crippen molar-refractivity contribution < 1.29 is 14.3 Å². The number of pyridine rings is 1. The number of ether oxygens (including phenoxy) is 2. The maximum absolute atomic E-state index is 12.1. The first-order valence-corrected chi connectivity index (χ1v) is 8.40. The quantitative estimate of drug-likeness (QED) is 0.636. The van der Waals surface area contributed by atoms with E-state index in [2.05, 4.69) is 9.97 Å². The van der Waals surface area contributed by atoms with E-state index in [9.17, 15) is 4.79 Å². The highest BCUT2D eigenvalue weighted by atomic mass is 32.1. The lowest BCUT2D eigenvalue weighted by atomic mass is 10.2. The average Bonchev–Trinajstić information content (AvgIpc) is 3.12. The molecule has 0 radical (unpaired) electrons. The van der Waals surface area contributed by atoms with Crippen LogP contribution in [-0.2, 0) is 11.3 Å². The number of benzene rings is 1. The van der Waals surface area contributed by atoms with Crippen LogP contribution in [0.2, 0.25) is 0 Å².